The summed E-state index contributed by atoms with van der Waals surface area (Å²) < 4.78 is 11.4. The van der Waals surface area contributed by atoms with Crippen molar-refractivity contribution in [2.45, 2.75) is 46.3 Å². The number of carbonyl (C=O) groups is 1. The van der Waals surface area contributed by atoms with Crippen LogP contribution in [0.2, 0.25) is 0 Å². The van der Waals surface area contributed by atoms with Crippen molar-refractivity contribution in [1.29, 1.82) is 0 Å². The number of nitrogens with zero attached hydrogens (tertiary/aromatic N) is 3. The second-order valence-corrected chi connectivity index (χ2v) is 8.39. The van der Waals surface area contributed by atoms with Crippen LogP contribution >= 0.6 is 0 Å². The molecule has 0 N–H and O–H groups in total. The molecule has 1 heterocycles. The van der Waals surface area contributed by atoms with E-state index in [-0.39, 0.29) is 17.8 Å². The number of benzene rings is 1. The van der Waals surface area contributed by atoms with E-state index >= 15 is 0 Å². The average Bonchev–Trinajstić information content (AvgIpc) is 2.60. The highest BCUT2D eigenvalue weighted by molar-refractivity contribution is 5.69. The largest absolute Gasteiger partial charge is 0.492 e. The van der Waals surface area contributed by atoms with Gasteiger partial charge in [0.25, 0.3) is 5.69 Å². The number of piperazine rings is 1. The zero-order valence-electron chi connectivity index (χ0n) is 17.9. The Morgan fingerprint density at radius 3 is 2.59 bits per heavy atom. The quantitative estimate of drug-likeness (QED) is 0.526. The van der Waals surface area contributed by atoms with E-state index < -0.39 is 10.5 Å². The van der Waals surface area contributed by atoms with Gasteiger partial charge in [0.1, 0.15) is 18.0 Å². The highest BCUT2D eigenvalue weighted by Crippen LogP contribution is 2.29. The van der Waals surface area contributed by atoms with E-state index in [1.54, 1.807) is 17.9 Å². The number of non-ortho nitro benzene ring substituents is 1. The van der Waals surface area contributed by atoms with Gasteiger partial charge in [0.05, 0.1) is 4.92 Å². The molecular weight excluding hydrogens is 374 g/mol. The number of hydrogen-bond donors (Lipinski definition) is 0. The molecule has 1 amide bonds. The maximum absolute atomic E-state index is 12.3. The fraction of sp³-hybridized carbons (Fsp3) is 0.571. The van der Waals surface area contributed by atoms with Crippen molar-refractivity contribution in [3.05, 3.63) is 40.5 Å². The zero-order valence-corrected chi connectivity index (χ0v) is 17.9. The number of ether oxygens (including phenoxy) is 2. The summed E-state index contributed by atoms with van der Waals surface area (Å²) in [5, 5.41) is 11.0. The van der Waals surface area contributed by atoms with Crippen LogP contribution in [-0.2, 0) is 4.74 Å². The Hall–Kier alpha value is -2.61. The highest BCUT2D eigenvalue weighted by atomic mass is 16.6. The molecule has 29 heavy (non-hydrogen) atoms. The van der Waals surface area contributed by atoms with Gasteiger partial charge in [-0.05, 0) is 46.3 Å². The molecule has 1 aliphatic heterocycles. The highest BCUT2D eigenvalue weighted by Gasteiger charge is 2.30. The first-order chi connectivity index (χ1) is 13.5. The fourth-order valence-corrected chi connectivity index (χ4v) is 3.20. The van der Waals surface area contributed by atoms with Crippen molar-refractivity contribution < 1.29 is 19.2 Å². The molecule has 0 aliphatic carbocycles. The van der Waals surface area contributed by atoms with Crippen LogP contribution in [0.1, 0.15) is 40.2 Å². The molecule has 0 aromatic heterocycles. The monoisotopic (exact) mass is 405 g/mol. The molecule has 0 bridgehead atoms. The summed E-state index contributed by atoms with van der Waals surface area (Å²) in [6, 6.07) is 4.58. The van der Waals surface area contributed by atoms with Gasteiger partial charge in [0.2, 0.25) is 0 Å². The van der Waals surface area contributed by atoms with E-state index in [0.717, 1.165) is 13.1 Å². The number of hydrogen-bond acceptors (Lipinski definition) is 6. The van der Waals surface area contributed by atoms with E-state index in [1.165, 1.54) is 12.1 Å². The predicted molar refractivity (Wildman–Crippen MR) is 112 cm³/mol. The number of nitro groups is 1. The zero-order chi connectivity index (χ0) is 21.8. The normalized spacial score (nSPS) is 17.7. The molecule has 8 heteroatoms. The van der Waals surface area contributed by atoms with Crippen LogP contribution in [0.4, 0.5) is 10.5 Å². The lowest BCUT2D eigenvalue weighted by Crippen LogP contribution is -2.55. The summed E-state index contributed by atoms with van der Waals surface area (Å²) in [5.74, 6) is 0.587. The van der Waals surface area contributed by atoms with Gasteiger partial charge < -0.3 is 14.4 Å². The van der Waals surface area contributed by atoms with Crippen molar-refractivity contribution in [3.63, 3.8) is 0 Å². The second-order valence-electron chi connectivity index (χ2n) is 8.39. The van der Waals surface area contributed by atoms with E-state index in [2.05, 4.69) is 11.5 Å². The lowest BCUT2D eigenvalue weighted by Gasteiger charge is -2.40. The van der Waals surface area contributed by atoms with Gasteiger partial charge in [-0.15, -0.1) is 0 Å². The molecule has 1 aliphatic rings. The Kier molecular flexibility index (Phi) is 7.24. The first-order valence-corrected chi connectivity index (χ1v) is 9.77. The minimum Gasteiger partial charge on any atom is -0.492 e. The summed E-state index contributed by atoms with van der Waals surface area (Å²) in [5.41, 5.74) is 0.862. The molecule has 1 aromatic rings. The summed E-state index contributed by atoms with van der Waals surface area (Å²) in [6.45, 7) is 16.5. The standard InChI is InChI=1S/C21H31N3O5/c1-15(2)18-13-17(24(26)27)7-8-19(18)28-12-11-22-9-10-23(16(3)14-22)20(25)29-21(4,5)6/h7-8,13,16H,1,9-12,14H2,2-6H3. The Bertz CT molecular complexity index is 772. The Labute approximate surface area is 172 Å². The number of carbonyl (C=O) groups excluding carboxylic acids is 1. The molecule has 1 aromatic carbocycles. The summed E-state index contributed by atoms with van der Waals surface area (Å²) >= 11 is 0. The molecular formula is C21H31N3O5. The number of allylic oxidation sites excluding steroid dienone is 1. The topological polar surface area (TPSA) is 85.2 Å². The Morgan fingerprint density at radius 1 is 1.34 bits per heavy atom. The third kappa shape index (κ3) is 6.45. The van der Waals surface area contributed by atoms with Crippen LogP contribution in [0.5, 0.6) is 5.75 Å². The average molecular weight is 405 g/mol. The number of amides is 1. The molecule has 2 rings (SSSR count). The third-order valence-corrected chi connectivity index (χ3v) is 4.64. The van der Waals surface area contributed by atoms with Crippen LogP contribution in [-0.4, -0.2) is 65.2 Å². The van der Waals surface area contributed by atoms with Crippen molar-refractivity contribution in [2.24, 2.45) is 0 Å². The van der Waals surface area contributed by atoms with Crippen molar-refractivity contribution in [2.75, 3.05) is 32.8 Å². The van der Waals surface area contributed by atoms with Crippen LogP contribution in [0.3, 0.4) is 0 Å². The van der Waals surface area contributed by atoms with E-state index in [9.17, 15) is 14.9 Å². The van der Waals surface area contributed by atoms with Gasteiger partial charge in [-0.25, -0.2) is 4.79 Å². The van der Waals surface area contributed by atoms with Crippen molar-refractivity contribution >= 4 is 17.4 Å². The van der Waals surface area contributed by atoms with Crippen molar-refractivity contribution in [3.8, 4) is 5.75 Å². The van der Waals surface area contributed by atoms with Gasteiger partial charge in [-0.3, -0.25) is 15.0 Å². The summed E-state index contributed by atoms with van der Waals surface area (Å²) in [6.07, 6.45) is -0.280. The van der Waals surface area contributed by atoms with Crippen LogP contribution < -0.4 is 4.74 Å². The van der Waals surface area contributed by atoms with E-state index in [4.69, 9.17) is 9.47 Å². The smallest absolute Gasteiger partial charge is 0.410 e. The Balaban J connectivity index is 1.89. The molecule has 8 nitrogen and oxygen atoms in total. The minimum atomic E-state index is -0.506. The lowest BCUT2D eigenvalue weighted by molar-refractivity contribution is -0.384. The molecule has 1 unspecified atom stereocenters. The Morgan fingerprint density at radius 2 is 2.03 bits per heavy atom. The van der Waals surface area contributed by atoms with Crippen LogP contribution in [0.25, 0.3) is 5.57 Å². The van der Waals surface area contributed by atoms with E-state index in [1.807, 2.05) is 27.7 Å². The number of nitro benzene ring substituents is 1. The van der Waals surface area contributed by atoms with E-state index in [0.29, 0.717) is 36.6 Å². The SMILES string of the molecule is C=C(C)c1cc([N+](=O)[O-])ccc1OCCN1CCN(C(=O)OC(C)(C)C)C(C)C1. The predicted octanol–water partition coefficient (Wildman–Crippen LogP) is 3.95. The summed E-state index contributed by atoms with van der Waals surface area (Å²) in [7, 11) is 0. The summed E-state index contributed by atoms with van der Waals surface area (Å²) in [4.78, 5) is 26.9. The van der Waals surface area contributed by atoms with Gasteiger partial charge in [-0.2, -0.15) is 0 Å². The molecule has 160 valence electrons. The first kappa shape index (κ1) is 22.7. The number of rotatable bonds is 6. The molecule has 0 radical (unpaired) electrons. The minimum absolute atomic E-state index is 0.0161. The molecule has 1 saturated heterocycles. The van der Waals surface area contributed by atoms with Gasteiger partial charge >= 0.3 is 6.09 Å². The van der Waals surface area contributed by atoms with Gasteiger partial charge in [0, 0.05) is 49.9 Å². The molecule has 0 saturated carbocycles. The van der Waals surface area contributed by atoms with Crippen LogP contribution in [0, 0.1) is 10.1 Å². The third-order valence-electron chi connectivity index (χ3n) is 4.64. The first-order valence-electron chi connectivity index (χ1n) is 9.77. The van der Waals surface area contributed by atoms with Crippen molar-refractivity contribution in [1.82, 2.24) is 9.80 Å². The van der Waals surface area contributed by atoms with Crippen LogP contribution in [0.15, 0.2) is 24.8 Å². The molecule has 0 spiro atoms. The maximum atomic E-state index is 12.3. The second kappa shape index (κ2) is 9.26. The maximum Gasteiger partial charge on any atom is 0.410 e. The lowest BCUT2D eigenvalue weighted by atomic mass is 10.1. The van der Waals surface area contributed by atoms with Gasteiger partial charge in [-0.1, -0.05) is 6.58 Å². The molecule has 1 fully saturated rings. The fourth-order valence-electron chi connectivity index (χ4n) is 3.20. The molecule has 1 atom stereocenters. The van der Waals surface area contributed by atoms with Gasteiger partial charge in [0.15, 0.2) is 0 Å².